The predicted octanol–water partition coefficient (Wildman–Crippen LogP) is 2.33. The average molecular weight is 290 g/mol. The fourth-order valence-electron chi connectivity index (χ4n) is 2.22. The zero-order chi connectivity index (χ0) is 13.3. The number of ether oxygens (including phenoxy) is 1. The average Bonchev–Trinajstić information content (AvgIpc) is 2.26. The number of hydrogen-bond acceptors (Lipinski definition) is 4. The highest BCUT2D eigenvalue weighted by atomic mass is 35.5. The number of pyridine rings is 1. The van der Waals surface area contributed by atoms with Crippen molar-refractivity contribution in [1.82, 2.24) is 4.98 Å². The molecule has 1 aliphatic heterocycles. The van der Waals surface area contributed by atoms with Crippen molar-refractivity contribution in [2.45, 2.75) is 25.6 Å². The first-order valence-electron chi connectivity index (χ1n) is 5.85. The first-order chi connectivity index (χ1) is 8.41. The van der Waals surface area contributed by atoms with Crippen molar-refractivity contribution in [2.75, 3.05) is 24.5 Å². The van der Waals surface area contributed by atoms with Crippen molar-refractivity contribution in [1.29, 1.82) is 0 Å². The lowest BCUT2D eigenvalue weighted by molar-refractivity contribution is -0.0790. The number of hydrogen-bond donors (Lipinski definition) is 1. The summed E-state index contributed by atoms with van der Waals surface area (Å²) >= 11 is 12.0. The molecule has 2 heterocycles. The molecule has 6 heteroatoms. The maximum atomic E-state index is 6.19. The summed E-state index contributed by atoms with van der Waals surface area (Å²) in [4.78, 5) is 6.40. The van der Waals surface area contributed by atoms with E-state index in [0.29, 0.717) is 23.1 Å². The number of rotatable bonds is 2. The van der Waals surface area contributed by atoms with Crippen LogP contribution in [0.4, 0.5) is 5.82 Å². The Kier molecular flexibility index (Phi) is 4.02. The Balaban J connectivity index is 2.26. The van der Waals surface area contributed by atoms with E-state index in [1.54, 1.807) is 12.3 Å². The molecule has 0 saturated carbocycles. The Labute approximate surface area is 117 Å². The number of aromatic nitrogens is 1. The van der Waals surface area contributed by atoms with Crippen LogP contribution < -0.4 is 10.6 Å². The molecule has 0 aromatic carbocycles. The molecule has 1 unspecified atom stereocenters. The highest BCUT2D eigenvalue weighted by Gasteiger charge is 2.34. The van der Waals surface area contributed by atoms with Crippen molar-refractivity contribution in [2.24, 2.45) is 5.73 Å². The molecule has 4 nitrogen and oxygen atoms in total. The monoisotopic (exact) mass is 289 g/mol. The third kappa shape index (κ3) is 3.06. The van der Waals surface area contributed by atoms with Crippen LogP contribution in [-0.4, -0.2) is 36.3 Å². The molecular formula is C12H17Cl2N3O. The summed E-state index contributed by atoms with van der Waals surface area (Å²) in [5.41, 5.74) is 5.43. The van der Waals surface area contributed by atoms with Crippen molar-refractivity contribution >= 4 is 29.0 Å². The van der Waals surface area contributed by atoms with Gasteiger partial charge in [0.25, 0.3) is 0 Å². The summed E-state index contributed by atoms with van der Waals surface area (Å²) in [5, 5.41) is 1.09. The minimum absolute atomic E-state index is 0.0118. The Bertz CT molecular complexity index is 439. The molecule has 1 aromatic heterocycles. The summed E-state index contributed by atoms with van der Waals surface area (Å²) in [6.07, 6.45) is 1.59. The summed E-state index contributed by atoms with van der Waals surface area (Å²) in [6.45, 7) is 5.95. The minimum atomic E-state index is -0.271. The van der Waals surface area contributed by atoms with Gasteiger partial charge in [0.1, 0.15) is 5.82 Å². The van der Waals surface area contributed by atoms with Crippen LogP contribution in [0.2, 0.25) is 10.0 Å². The molecular weight excluding hydrogens is 273 g/mol. The van der Waals surface area contributed by atoms with Crippen LogP contribution in [-0.2, 0) is 4.74 Å². The topological polar surface area (TPSA) is 51.4 Å². The van der Waals surface area contributed by atoms with Gasteiger partial charge in [-0.3, -0.25) is 0 Å². The lowest BCUT2D eigenvalue weighted by Gasteiger charge is -2.43. The number of nitrogens with two attached hydrogens (primary N) is 1. The van der Waals surface area contributed by atoms with Crippen LogP contribution in [0.25, 0.3) is 0 Å². The highest BCUT2D eigenvalue weighted by molar-refractivity contribution is 6.36. The van der Waals surface area contributed by atoms with Gasteiger partial charge in [0.05, 0.1) is 21.8 Å². The van der Waals surface area contributed by atoms with Gasteiger partial charge < -0.3 is 15.4 Å². The fourth-order valence-corrected chi connectivity index (χ4v) is 2.72. The number of anilines is 1. The second kappa shape index (κ2) is 5.21. The van der Waals surface area contributed by atoms with Gasteiger partial charge >= 0.3 is 0 Å². The third-order valence-electron chi connectivity index (χ3n) is 2.83. The maximum Gasteiger partial charge on any atom is 0.147 e. The standard InChI is InChI=1S/C12H17Cl2N3O/c1-12(2)7-17(6-9(4-15)18-12)11-10(14)3-8(13)5-16-11/h3,5,9H,4,6-7,15H2,1-2H3. The van der Waals surface area contributed by atoms with E-state index in [-0.39, 0.29) is 11.7 Å². The van der Waals surface area contributed by atoms with E-state index in [4.69, 9.17) is 33.7 Å². The summed E-state index contributed by atoms with van der Waals surface area (Å²) < 4.78 is 5.87. The van der Waals surface area contributed by atoms with Crippen LogP contribution in [0.3, 0.4) is 0 Å². The molecule has 2 rings (SSSR count). The van der Waals surface area contributed by atoms with E-state index >= 15 is 0 Å². The van der Waals surface area contributed by atoms with Gasteiger partial charge in [0.15, 0.2) is 0 Å². The van der Waals surface area contributed by atoms with Gasteiger partial charge in [-0.05, 0) is 19.9 Å². The second-order valence-corrected chi connectivity index (χ2v) is 5.92. The predicted molar refractivity (Wildman–Crippen MR) is 74.5 cm³/mol. The number of nitrogens with zero attached hydrogens (tertiary/aromatic N) is 2. The Morgan fingerprint density at radius 1 is 1.56 bits per heavy atom. The van der Waals surface area contributed by atoms with Crippen LogP contribution in [0.1, 0.15) is 13.8 Å². The smallest absolute Gasteiger partial charge is 0.147 e. The molecule has 0 aliphatic carbocycles. The molecule has 2 N–H and O–H groups in total. The molecule has 1 saturated heterocycles. The van der Waals surface area contributed by atoms with Crippen LogP contribution in [0.5, 0.6) is 0 Å². The minimum Gasteiger partial charge on any atom is -0.367 e. The van der Waals surface area contributed by atoms with E-state index in [1.165, 1.54) is 0 Å². The van der Waals surface area contributed by atoms with Crippen molar-refractivity contribution in [3.8, 4) is 0 Å². The van der Waals surface area contributed by atoms with E-state index in [0.717, 1.165) is 12.4 Å². The largest absolute Gasteiger partial charge is 0.367 e. The summed E-state index contributed by atoms with van der Waals surface area (Å²) in [6, 6.07) is 1.70. The quantitative estimate of drug-likeness (QED) is 0.908. The van der Waals surface area contributed by atoms with E-state index in [1.807, 2.05) is 13.8 Å². The SMILES string of the molecule is CC1(C)CN(c2ncc(Cl)cc2Cl)CC(CN)O1. The molecule has 100 valence electrons. The molecule has 1 aromatic rings. The zero-order valence-corrected chi connectivity index (χ0v) is 12.0. The lowest BCUT2D eigenvalue weighted by Crippen LogP contribution is -2.55. The normalized spacial score (nSPS) is 23.2. The van der Waals surface area contributed by atoms with E-state index in [2.05, 4.69) is 9.88 Å². The Morgan fingerprint density at radius 2 is 2.28 bits per heavy atom. The molecule has 0 amide bonds. The highest BCUT2D eigenvalue weighted by Crippen LogP contribution is 2.30. The van der Waals surface area contributed by atoms with Crippen molar-refractivity contribution in [3.63, 3.8) is 0 Å². The first kappa shape index (κ1) is 13.9. The molecule has 0 spiro atoms. The maximum absolute atomic E-state index is 6.19. The molecule has 1 aliphatic rings. The van der Waals surface area contributed by atoms with Gasteiger partial charge in [-0.1, -0.05) is 23.2 Å². The van der Waals surface area contributed by atoms with Crippen molar-refractivity contribution < 1.29 is 4.74 Å². The van der Waals surface area contributed by atoms with Crippen LogP contribution in [0, 0.1) is 0 Å². The third-order valence-corrected chi connectivity index (χ3v) is 3.32. The second-order valence-electron chi connectivity index (χ2n) is 5.07. The molecule has 0 radical (unpaired) electrons. The molecule has 0 bridgehead atoms. The number of halogens is 2. The molecule has 1 fully saturated rings. The zero-order valence-electron chi connectivity index (χ0n) is 10.5. The number of morpholine rings is 1. The van der Waals surface area contributed by atoms with Gasteiger partial charge in [0.2, 0.25) is 0 Å². The van der Waals surface area contributed by atoms with Gasteiger partial charge in [-0.15, -0.1) is 0 Å². The van der Waals surface area contributed by atoms with Gasteiger partial charge in [-0.25, -0.2) is 4.98 Å². The fraction of sp³-hybridized carbons (Fsp3) is 0.583. The molecule has 18 heavy (non-hydrogen) atoms. The van der Waals surface area contributed by atoms with E-state index < -0.39 is 0 Å². The van der Waals surface area contributed by atoms with Gasteiger partial charge in [0, 0.05) is 25.8 Å². The lowest BCUT2D eigenvalue weighted by atomic mass is 10.1. The van der Waals surface area contributed by atoms with Gasteiger partial charge in [-0.2, -0.15) is 0 Å². The van der Waals surface area contributed by atoms with E-state index in [9.17, 15) is 0 Å². The summed E-state index contributed by atoms with van der Waals surface area (Å²) in [7, 11) is 0. The Morgan fingerprint density at radius 3 is 2.89 bits per heavy atom. The summed E-state index contributed by atoms with van der Waals surface area (Å²) in [5.74, 6) is 0.732. The molecule has 1 atom stereocenters. The first-order valence-corrected chi connectivity index (χ1v) is 6.61. The van der Waals surface area contributed by atoms with Crippen LogP contribution >= 0.6 is 23.2 Å². The van der Waals surface area contributed by atoms with Crippen LogP contribution in [0.15, 0.2) is 12.3 Å². The van der Waals surface area contributed by atoms with Crippen molar-refractivity contribution in [3.05, 3.63) is 22.3 Å². The Hall–Kier alpha value is -0.550.